The van der Waals surface area contributed by atoms with Crippen molar-refractivity contribution in [1.29, 1.82) is 0 Å². The van der Waals surface area contributed by atoms with Crippen LogP contribution in [0.2, 0.25) is 0 Å². The summed E-state index contributed by atoms with van der Waals surface area (Å²) in [5.41, 5.74) is 1.18. The molecule has 1 fully saturated rings. The average molecular weight is 248 g/mol. The van der Waals surface area contributed by atoms with E-state index in [4.69, 9.17) is 0 Å². The number of likely N-dealkylation sites (tertiary alicyclic amines) is 1. The van der Waals surface area contributed by atoms with Gasteiger partial charge in [0.05, 0.1) is 0 Å². The minimum atomic E-state index is 0.00506. The maximum atomic E-state index is 11.9. The van der Waals surface area contributed by atoms with Crippen molar-refractivity contribution < 1.29 is 4.79 Å². The number of nitrogens with zero attached hydrogens (tertiary/aromatic N) is 2. The summed E-state index contributed by atoms with van der Waals surface area (Å²) in [6.07, 6.45) is 5.48. The Balaban J connectivity index is 1.83. The second-order valence-corrected chi connectivity index (χ2v) is 4.75. The van der Waals surface area contributed by atoms with Crippen molar-refractivity contribution in [2.75, 3.05) is 13.1 Å². The molecule has 2 amide bonds. The number of hydrogen-bond donors (Lipinski definition) is 2. The molecule has 2 N–H and O–H groups in total. The zero-order chi connectivity index (χ0) is 13.0. The van der Waals surface area contributed by atoms with Crippen LogP contribution in [0, 0.1) is 0 Å². The molecular formula is C13H20N4O. The monoisotopic (exact) mass is 248 g/mol. The van der Waals surface area contributed by atoms with Crippen molar-refractivity contribution in [3.63, 3.8) is 0 Å². The van der Waals surface area contributed by atoms with Crippen LogP contribution in [0.5, 0.6) is 0 Å². The largest absolute Gasteiger partial charge is 0.332 e. The van der Waals surface area contributed by atoms with E-state index in [0.29, 0.717) is 5.92 Å². The fourth-order valence-corrected chi connectivity index (χ4v) is 2.23. The lowest BCUT2D eigenvalue weighted by Crippen LogP contribution is -2.46. The third-order valence-corrected chi connectivity index (χ3v) is 3.45. The molecule has 1 aromatic heterocycles. The first-order valence-corrected chi connectivity index (χ1v) is 6.38. The molecule has 1 unspecified atom stereocenters. The van der Waals surface area contributed by atoms with Gasteiger partial charge in [0.25, 0.3) is 0 Å². The van der Waals surface area contributed by atoms with Gasteiger partial charge in [0.1, 0.15) is 0 Å². The molecular weight excluding hydrogens is 228 g/mol. The van der Waals surface area contributed by atoms with E-state index < -0.39 is 0 Å². The molecule has 2 heterocycles. The molecule has 5 heteroatoms. The Labute approximate surface area is 107 Å². The Hall–Kier alpha value is -1.78. The molecule has 1 atom stereocenters. The molecule has 1 aliphatic rings. The van der Waals surface area contributed by atoms with Crippen LogP contribution in [-0.4, -0.2) is 40.3 Å². The van der Waals surface area contributed by atoms with Crippen LogP contribution in [-0.2, 0) is 0 Å². The Morgan fingerprint density at radius 3 is 2.94 bits per heavy atom. The van der Waals surface area contributed by atoms with E-state index in [1.807, 2.05) is 17.9 Å². The number of H-pyrrole nitrogens is 1. The van der Waals surface area contributed by atoms with Crippen molar-refractivity contribution in [3.05, 3.63) is 30.6 Å². The zero-order valence-corrected chi connectivity index (χ0v) is 10.7. The highest BCUT2D eigenvalue weighted by Crippen LogP contribution is 2.26. The predicted molar refractivity (Wildman–Crippen MR) is 70.3 cm³/mol. The number of urea groups is 1. The fraction of sp³-hybridized carbons (Fsp3) is 0.538. The number of piperidine rings is 1. The SMILES string of the molecule is C=CC(C)NC(=O)N1CCC(c2ccn[nH]2)CC1. The van der Waals surface area contributed by atoms with Crippen molar-refractivity contribution in [2.24, 2.45) is 0 Å². The second-order valence-electron chi connectivity index (χ2n) is 4.75. The molecule has 1 aromatic rings. The fourth-order valence-electron chi connectivity index (χ4n) is 2.23. The third kappa shape index (κ3) is 2.91. The molecule has 18 heavy (non-hydrogen) atoms. The second kappa shape index (κ2) is 5.71. The average Bonchev–Trinajstić information content (AvgIpc) is 2.92. The number of amides is 2. The summed E-state index contributed by atoms with van der Waals surface area (Å²) < 4.78 is 0. The Morgan fingerprint density at radius 1 is 1.67 bits per heavy atom. The quantitative estimate of drug-likeness (QED) is 0.802. The van der Waals surface area contributed by atoms with E-state index in [0.717, 1.165) is 25.9 Å². The maximum absolute atomic E-state index is 11.9. The number of carbonyl (C=O) groups is 1. The van der Waals surface area contributed by atoms with Crippen molar-refractivity contribution >= 4 is 6.03 Å². The lowest BCUT2D eigenvalue weighted by molar-refractivity contribution is 0.179. The van der Waals surface area contributed by atoms with Gasteiger partial charge in [-0.2, -0.15) is 5.10 Å². The smallest absolute Gasteiger partial charge is 0.317 e. The van der Waals surface area contributed by atoms with Crippen LogP contribution in [0.1, 0.15) is 31.4 Å². The molecule has 0 aromatic carbocycles. The summed E-state index contributed by atoms with van der Waals surface area (Å²) >= 11 is 0. The first-order valence-electron chi connectivity index (χ1n) is 6.38. The molecule has 5 nitrogen and oxygen atoms in total. The van der Waals surface area contributed by atoms with Crippen molar-refractivity contribution in [2.45, 2.75) is 31.7 Å². The van der Waals surface area contributed by atoms with E-state index >= 15 is 0 Å². The Morgan fingerprint density at radius 2 is 2.39 bits per heavy atom. The predicted octanol–water partition coefficient (Wildman–Crippen LogP) is 1.87. The summed E-state index contributed by atoms with van der Waals surface area (Å²) in [6, 6.07) is 2.04. The van der Waals surface area contributed by atoms with Gasteiger partial charge >= 0.3 is 6.03 Å². The van der Waals surface area contributed by atoms with Crippen LogP contribution in [0.25, 0.3) is 0 Å². The molecule has 0 spiro atoms. The molecule has 1 aliphatic heterocycles. The number of rotatable bonds is 3. The first kappa shape index (κ1) is 12.7. The number of aromatic amines is 1. The van der Waals surface area contributed by atoms with Gasteiger partial charge in [-0.15, -0.1) is 6.58 Å². The molecule has 0 saturated carbocycles. The van der Waals surface area contributed by atoms with Crippen LogP contribution in [0.15, 0.2) is 24.9 Å². The Kier molecular flexibility index (Phi) is 4.02. The molecule has 2 rings (SSSR count). The van der Waals surface area contributed by atoms with Crippen LogP contribution < -0.4 is 5.32 Å². The molecule has 0 radical (unpaired) electrons. The van der Waals surface area contributed by atoms with Crippen LogP contribution in [0.4, 0.5) is 4.79 Å². The van der Waals surface area contributed by atoms with Crippen molar-refractivity contribution in [1.82, 2.24) is 20.4 Å². The minimum Gasteiger partial charge on any atom is -0.332 e. The zero-order valence-electron chi connectivity index (χ0n) is 10.7. The van der Waals surface area contributed by atoms with Crippen LogP contribution in [0.3, 0.4) is 0 Å². The first-order chi connectivity index (χ1) is 8.70. The van der Waals surface area contributed by atoms with E-state index in [1.54, 1.807) is 12.3 Å². The number of aromatic nitrogens is 2. The van der Waals surface area contributed by atoms with Gasteiger partial charge in [0.15, 0.2) is 0 Å². The van der Waals surface area contributed by atoms with Gasteiger partial charge in [0.2, 0.25) is 0 Å². The highest BCUT2D eigenvalue weighted by atomic mass is 16.2. The summed E-state index contributed by atoms with van der Waals surface area (Å²) in [5, 5.41) is 9.88. The number of nitrogens with one attached hydrogen (secondary N) is 2. The molecule has 98 valence electrons. The molecule has 0 aliphatic carbocycles. The number of hydrogen-bond acceptors (Lipinski definition) is 2. The highest BCUT2D eigenvalue weighted by Gasteiger charge is 2.24. The summed E-state index contributed by atoms with van der Waals surface area (Å²) in [6.45, 7) is 7.16. The molecule has 1 saturated heterocycles. The highest BCUT2D eigenvalue weighted by molar-refractivity contribution is 5.74. The van der Waals surface area contributed by atoms with E-state index in [2.05, 4.69) is 22.1 Å². The lowest BCUT2D eigenvalue weighted by Gasteiger charge is -2.32. The van der Waals surface area contributed by atoms with Crippen molar-refractivity contribution in [3.8, 4) is 0 Å². The van der Waals surface area contributed by atoms with Gasteiger partial charge in [0, 0.05) is 36.9 Å². The number of carbonyl (C=O) groups excluding carboxylic acids is 1. The van der Waals surface area contributed by atoms with E-state index in [1.165, 1.54) is 5.69 Å². The lowest BCUT2D eigenvalue weighted by atomic mass is 9.94. The van der Waals surface area contributed by atoms with Gasteiger partial charge in [-0.25, -0.2) is 4.79 Å². The maximum Gasteiger partial charge on any atom is 0.317 e. The topological polar surface area (TPSA) is 61.0 Å². The van der Waals surface area contributed by atoms with Gasteiger partial charge < -0.3 is 10.2 Å². The van der Waals surface area contributed by atoms with Gasteiger partial charge in [-0.3, -0.25) is 5.10 Å². The minimum absolute atomic E-state index is 0.00506. The third-order valence-electron chi connectivity index (χ3n) is 3.45. The normalized spacial score (nSPS) is 18.4. The van der Waals surface area contributed by atoms with E-state index in [9.17, 15) is 4.79 Å². The van der Waals surface area contributed by atoms with Crippen LogP contribution >= 0.6 is 0 Å². The summed E-state index contributed by atoms with van der Waals surface area (Å²) in [4.78, 5) is 13.8. The standard InChI is InChI=1S/C13H20N4O/c1-3-10(2)15-13(18)17-8-5-11(6-9-17)12-4-7-14-16-12/h3-4,7,10-11H,1,5-6,8-9H2,2H3,(H,14,16)(H,15,18). The van der Waals surface area contributed by atoms with Gasteiger partial charge in [-0.1, -0.05) is 6.08 Å². The van der Waals surface area contributed by atoms with E-state index in [-0.39, 0.29) is 12.1 Å². The van der Waals surface area contributed by atoms with Gasteiger partial charge in [-0.05, 0) is 25.8 Å². The summed E-state index contributed by atoms with van der Waals surface area (Å²) in [5.74, 6) is 0.494. The summed E-state index contributed by atoms with van der Waals surface area (Å²) in [7, 11) is 0. The molecule has 0 bridgehead atoms. The Bertz CT molecular complexity index is 393.